The molecule has 0 atom stereocenters. The molecule has 1 aliphatic heterocycles. The number of fused-ring (bicyclic) bond motifs is 1. The minimum absolute atomic E-state index is 0.447. The second-order valence-electron chi connectivity index (χ2n) is 6.95. The predicted molar refractivity (Wildman–Crippen MR) is 106 cm³/mol. The molecule has 26 heavy (non-hydrogen) atoms. The zero-order valence-corrected chi connectivity index (χ0v) is 17.0. The fourth-order valence-electron chi connectivity index (χ4n) is 3.63. The molecule has 0 saturated carbocycles. The molecular formula is C21H27ClN2O2. The number of pyridine rings is 1. The van der Waals surface area contributed by atoms with E-state index >= 15 is 0 Å². The SMILES string of the molecule is CCC(CC)N1COCc2c1cc(C)nc2Oc1c(C)cc(Cl)cc1C. The minimum atomic E-state index is 0.447. The Morgan fingerprint density at radius 3 is 2.42 bits per heavy atom. The highest BCUT2D eigenvalue weighted by Gasteiger charge is 2.27. The van der Waals surface area contributed by atoms with Crippen LogP contribution in [-0.4, -0.2) is 17.8 Å². The van der Waals surface area contributed by atoms with Gasteiger partial charge >= 0.3 is 0 Å². The highest BCUT2D eigenvalue weighted by Crippen LogP contribution is 2.38. The lowest BCUT2D eigenvalue weighted by atomic mass is 10.1. The lowest BCUT2D eigenvalue weighted by molar-refractivity contribution is 0.101. The highest BCUT2D eigenvalue weighted by molar-refractivity contribution is 6.30. The maximum Gasteiger partial charge on any atom is 0.227 e. The summed E-state index contributed by atoms with van der Waals surface area (Å²) in [6.45, 7) is 11.6. The molecule has 140 valence electrons. The second-order valence-corrected chi connectivity index (χ2v) is 7.39. The number of hydrogen-bond donors (Lipinski definition) is 0. The smallest absolute Gasteiger partial charge is 0.227 e. The molecular weight excluding hydrogens is 348 g/mol. The Morgan fingerprint density at radius 2 is 1.81 bits per heavy atom. The van der Waals surface area contributed by atoms with Crippen molar-refractivity contribution in [2.45, 2.75) is 60.1 Å². The summed E-state index contributed by atoms with van der Waals surface area (Å²) in [7, 11) is 0. The van der Waals surface area contributed by atoms with Crippen molar-refractivity contribution in [2.75, 3.05) is 11.6 Å². The zero-order valence-electron chi connectivity index (χ0n) is 16.2. The lowest BCUT2D eigenvalue weighted by Crippen LogP contribution is -2.39. The normalized spacial score (nSPS) is 13.9. The van der Waals surface area contributed by atoms with Crippen molar-refractivity contribution < 1.29 is 9.47 Å². The number of nitrogens with zero attached hydrogens (tertiary/aromatic N) is 2. The van der Waals surface area contributed by atoms with Gasteiger partial charge in [0.1, 0.15) is 12.5 Å². The van der Waals surface area contributed by atoms with E-state index in [0.29, 0.717) is 25.3 Å². The summed E-state index contributed by atoms with van der Waals surface area (Å²) in [5.41, 5.74) is 5.14. The number of rotatable bonds is 5. The highest BCUT2D eigenvalue weighted by atomic mass is 35.5. The van der Waals surface area contributed by atoms with Crippen molar-refractivity contribution in [2.24, 2.45) is 0 Å². The molecule has 0 unspecified atom stereocenters. The zero-order chi connectivity index (χ0) is 18.8. The van der Waals surface area contributed by atoms with Crippen LogP contribution in [0.25, 0.3) is 0 Å². The number of hydrogen-bond acceptors (Lipinski definition) is 4. The molecule has 5 heteroatoms. The van der Waals surface area contributed by atoms with Gasteiger partial charge in [0.15, 0.2) is 0 Å². The molecule has 4 nitrogen and oxygen atoms in total. The Bertz CT molecular complexity index is 780. The third-order valence-electron chi connectivity index (χ3n) is 4.98. The van der Waals surface area contributed by atoms with Crippen LogP contribution in [0, 0.1) is 20.8 Å². The van der Waals surface area contributed by atoms with E-state index in [4.69, 9.17) is 21.1 Å². The van der Waals surface area contributed by atoms with Crippen LogP contribution in [-0.2, 0) is 11.3 Å². The first-order chi connectivity index (χ1) is 12.4. The van der Waals surface area contributed by atoms with Crippen molar-refractivity contribution in [3.63, 3.8) is 0 Å². The first-order valence-electron chi connectivity index (χ1n) is 9.24. The van der Waals surface area contributed by atoms with E-state index in [9.17, 15) is 0 Å². The molecule has 0 aliphatic carbocycles. The van der Waals surface area contributed by atoms with Crippen molar-refractivity contribution >= 4 is 17.3 Å². The Morgan fingerprint density at radius 1 is 1.15 bits per heavy atom. The van der Waals surface area contributed by atoms with Gasteiger partial charge in [-0.3, -0.25) is 0 Å². The van der Waals surface area contributed by atoms with Gasteiger partial charge in [-0.1, -0.05) is 25.4 Å². The fraction of sp³-hybridized carbons (Fsp3) is 0.476. The van der Waals surface area contributed by atoms with Gasteiger partial charge in [0.25, 0.3) is 0 Å². The van der Waals surface area contributed by atoms with Crippen LogP contribution in [0.5, 0.6) is 11.6 Å². The van der Waals surface area contributed by atoms with Gasteiger partial charge in [-0.25, -0.2) is 4.98 Å². The largest absolute Gasteiger partial charge is 0.438 e. The average Bonchev–Trinajstić information content (AvgIpc) is 2.59. The number of aryl methyl sites for hydroxylation is 3. The lowest BCUT2D eigenvalue weighted by Gasteiger charge is -2.37. The Kier molecular flexibility index (Phi) is 5.73. The van der Waals surface area contributed by atoms with Crippen LogP contribution in [0.4, 0.5) is 5.69 Å². The monoisotopic (exact) mass is 374 g/mol. The Balaban J connectivity index is 2.05. The molecule has 0 fully saturated rings. The quantitative estimate of drug-likeness (QED) is 0.649. The molecule has 3 rings (SSSR count). The number of benzene rings is 1. The van der Waals surface area contributed by atoms with E-state index < -0.39 is 0 Å². The third-order valence-corrected chi connectivity index (χ3v) is 5.20. The van der Waals surface area contributed by atoms with Gasteiger partial charge in [-0.15, -0.1) is 0 Å². The average molecular weight is 375 g/mol. The van der Waals surface area contributed by atoms with E-state index in [1.54, 1.807) is 0 Å². The van der Waals surface area contributed by atoms with Gasteiger partial charge in [0.2, 0.25) is 5.88 Å². The molecule has 2 heterocycles. The summed E-state index contributed by atoms with van der Waals surface area (Å²) >= 11 is 6.15. The summed E-state index contributed by atoms with van der Waals surface area (Å²) < 4.78 is 12.2. The van der Waals surface area contributed by atoms with E-state index in [-0.39, 0.29) is 0 Å². The van der Waals surface area contributed by atoms with E-state index in [1.807, 2.05) is 32.9 Å². The molecule has 2 aromatic rings. The van der Waals surface area contributed by atoms with Crippen LogP contribution >= 0.6 is 11.6 Å². The summed E-state index contributed by atoms with van der Waals surface area (Å²) in [6.07, 6.45) is 2.15. The van der Waals surface area contributed by atoms with Crippen LogP contribution in [0.2, 0.25) is 5.02 Å². The molecule has 1 aliphatic rings. The van der Waals surface area contributed by atoms with E-state index in [1.165, 1.54) is 5.69 Å². The molecule has 0 amide bonds. The second kappa shape index (κ2) is 7.85. The first kappa shape index (κ1) is 19.0. The molecule has 0 N–H and O–H groups in total. The van der Waals surface area contributed by atoms with Gasteiger partial charge in [-0.2, -0.15) is 0 Å². The Labute approximate surface area is 161 Å². The number of anilines is 1. The van der Waals surface area contributed by atoms with Gasteiger partial charge in [0.05, 0.1) is 17.9 Å². The van der Waals surface area contributed by atoms with E-state index in [0.717, 1.165) is 46.0 Å². The summed E-state index contributed by atoms with van der Waals surface area (Å²) in [6, 6.07) is 6.42. The topological polar surface area (TPSA) is 34.6 Å². The molecule has 0 radical (unpaired) electrons. The van der Waals surface area contributed by atoms with Crippen molar-refractivity contribution in [3.05, 3.63) is 45.6 Å². The Hall–Kier alpha value is -1.78. The predicted octanol–water partition coefficient (Wildman–Crippen LogP) is 5.94. The third kappa shape index (κ3) is 3.67. The molecule has 1 aromatic carbocycles. The van der Waals surface area contributed by atoms with E-state index in [2.05, 4.69) is 29.8 Å². The number of aromatic nitrogens is 1. The van der Waals surface area contributed by atoms with Gasteiger partial charge in [0, 0.05) is 16.8 Å². The van der Waals surface area contributed by atoms with Crippen molar-refractivity contribution in [1.29, 1.82) is 0 Å². The van der Waals surface area contributed by atoms with Crippen molar-refractivity contribution in [1.82, 2.24) is 4.98 Å². The minimum Gasteiger partial charge on any atom is -0.438 e. The maximum absolute atomic E-state index is 6.29. The van der Waals surface area contributed by atoms with Gasteiger partial charge in [-0.05, 0) is 62.9 Å². The molecule has 0 spiro atoms. The van der Waals surface area contributed by atoms with Crippen LogP contribution in [0.3, 0.4) is 0 Å². The molecule has 1 aromatic heterocycles. The summed E-state index contributed by atoms with van der Waals surface area (Å²) in [5.74, 6) is 1.44. The molecule has 0 saturated heterocycles. The van der Waals surface area contributed by atoms with Crippen molar-refractivity contribution in [3.8, 4) is 11.6 Å². The maximum atomic E-state index is 6.29. The van der Waals surface area contributed by atoms with Crippen LogP contribution in [0.1, 0.15) is 49.1 Å². The van der Waals surface area contributed by atoms with Gasteiger partial charge < -0.3 is 14.4 Å². The first-order valence-corrected chi connectivity index (χ1v) is 9.61. The number of halogens is 1. The fourth-order valence-corrected chi connectivity index (χ4v) is 3.96. The number of ether oxygens (including phenoxy) is 2. The van der Waals surface area contributed by atoms with Crippen LogP contribution in [0.15, 0.2) is 18.2 Å². The summed E-state index contributed by atoms with van der Waals surface area (Å²) in [4.78, 5) is 7.01. The standard InChI is InChI=1S/C21H27ClN2O2/c1-6-17(7-2)24-12-25-11-18-19(24)10-15(5)23-21(18)26-20-13(3)8-16(22)9-14(20)4/h8-10,17H,6-7,11-12H2,1-5H3. The van der Waals surface area contributed by atoms with Crippen LogP contribution < -0.4 is 9.64 Å². The molecule has 0 bridgehead atoms. The summed E-state index contributed by atoms with van der Waals surface area (Å²) in [5, 5.41) is 0.717.